The van der Waals surface area contributed by atoms with Gasteiger partial charge in [0, 0.05) is 63.4 Å². The van der Waals surface area contributed by atoms with Crippen LogP contribution in [-0.2, 0) is 0 Å². The first-order chi connectivity index (χ1) is 27.1. The van der Waals surface area contributed by atoms with E-state index in [1.165, 1.54) is 51.5 Å². The first kappa shape index (κ1) is 34.8. The van der Waals surface area contributed by atoms with Crippen molar-refractivity contribution >= 4 is 68.1 Å². The second-order valence-corrected chi connectivity index (χ2v) is 16.7. The summed E-state index contributed by atoms with van der Waals surface area (Å²) in [4.78, 5) is 12.5. The molecule has 0 fully saturated rings. The zero-order valence-corrected chi connectivity index (χ0v) is 33.0. The lowest BCUT2D eigenvalue weighted by atomic mass is 10.1. The fraction of sp³-hybridized carbons (Fsp3) is 0.0400. The van der Waals surface area contributed by atoms with Crippen molar-refractivity contribution in [3.8, 4) is 40.4 Å². The number of anilines is 6. The standard InChI is InChI=1S/C50H38N2S3/c1-35-33-47(37-23-27-43(28-24-37)51(39-15-7-3-8-16-39)40-17-9-4-10-18-40)54-49(35)45-31-32-46(53-45)50-36(2)34-48(55-50)38-25-29-44(30-26-38)52(41-19-11-5-12-20-41)42-21-13-6-14-22-42/h3-34H,1-2H3. The summed E-state index contributed by atoms with van der Waals surface area (Å²) in [5, 5.41) is 0. The summed E-state index contributed by atoms with van der Waals surface area (Å²) in [6.45, 7) is 4.48. The van der Waals surface area contributed by atoms with Gasteiger partial charge in [-0.05, 0) is 133 Å². The van der Waals surface area contributed by atoms with E-state index in [1.807, 2.05) is 34.0 Å². The molecule has 9 aromatic rings. The third-order valence-electron chi connectivity index (χ3n) is 9.77. The van der Waals surface area contributed by atoms with Crippen LogP contribution >= 0.6 is 34.0 Å². The molecule has 0 aliphatic carbocycles. The van der Waals surface area contributed by atoms with Gasteiger partial charge in [0.25, 0.3) is 0 Å². The van der Waals surface area contributed by atoms with E-state index in [0.717, 1.165) is 34.1 Å². The van der Waals surface area contributed by atoms with Crippen LogP contribution in [0.3, 0.4) is 0 Å². The van der Waals surface area contributed by atoms with Crippen molar-refractivity contribution in [2.45, 2.75) is 13.8 Å². The number of rotatable bonds is 10. The molecule has 0 aliphatic rings. The Morgan fingerprint density at radius 3 is 0.891 bits per heavy atom. The molecule has 6 aromatic carbocycles. The number of para-hydroxylation sites is 4. The van der Waals surface area contributed by atoms with Crippen LogP contribution in [0.2, 0.25) is 0 Å². The van der Waals surface area contributed by atoms with E-state index in [2.05, 4.69) is 218 Å². The maximum Gasteiger partial charge on any atom is 0.0478 e. The van der Waals surface area contributed by atoms with E-state index >= 15 is 0 Å². The highest BCUT2D eigenvalue weighted by molar-refractivity contribution is 7.28. The van der Waals surface area contributed by atoms with Crippen molar-refractivity contribution < 1.29 is 0 Å². The van der Waals surface area contributed by atoms with Crippen molar-refractivity contribution in [1.29, 1.82) is 0 Å². The van der Waals surface area contributed by atoms with Crippen LogP contribution in [0.1, 0.15) is 11.1 Å². The van der Waals surface area contributed by atoms with Crippen LogP contribution in [0.4, 0.5) is 34.1 Å². The molecule has 3 aromatic heterocycles. The van der Waals surface area contributed by atoms with Gasteiger partial charge in [0.15, 0.2) is 0 Å². The molecule has 5 heteroatoms. The minimum absolute atomic E-state index is 1.14. The van der Waals surface area contributed by atoms with E-state index < -0.39 is 0 Å². The number of hydrogen-bond donors (Lipinski definition) is 0. The third kappa shape index (κ3) is 7.18. The molecule has 2 nitrogen and oxygen atoms in total. The Kier molecular flexibility index (Phi) is 9.74. The van der Waals surface area contributed by atoms with Crippen LogP contribution in [0, 0.1) is 13.8 Å². The van der Waals surface area contributed by atoms with Gasteiger partial charge in [-0.1, -0.05) is 97.1 Å². The van der Waals surface area contributed by atoms with Gasteiger partial charge in [-0.15, -0.1) is 34.0 Å². The van der Waals surface area contributed by atoms with Crippen molar-refractivity contribution in [3.05, 3.63) is 205 Å². The molecule has 266 valence electrons. The summed E-state index contributed by atoms with van der Waals surface area (Å²) in [7, 11) is 0. The molecule has 0 saturated heterocycles. The topological polar surface area (TPSA) is 6.48 Å². The molecule has 9 rings (SSSR count). The molecule has 0 bridgehead atoms. The van der Waals surface area contributed by atoms with Gasteiger partial charge in [0.1, 0.15) is 0 Å². The van der Waals surface area contributed by atoms with E-state index in [0.29, 0.717) is 0 Å². The summed E-state index contributed by atoms with van der Waals surface area (Å²) >= 11 is 5.66. The second-order valence-electron chi connectivity index (χ2n) is 13.5. The van der Waals surface area contributed by atoms with Crippen LogP contribution < -0.4 is 9.80 Å². The van der Waals surface area contributed by atoms with Crippen LogP contribution in [0.25, 0.3) is 40.4 Å². The lowest BCUT2D eigenvalue weighted by molar-refractivity contribution is 1.28. The second kappa shape index (κ2) is 15.4. The SMILES string of the molecule is Cc1cc(-c2ccc(N(c3ccccc3)c3ccccc3)cc2)sc1-c1ccc(-c2sc(-c3ccc(N(c4ccccc4)c4ccccc4)cc3)cc2C)s1. The highest BCUT2D eigenvalue weighted by atomic mass is 32.1. The highest BCUT2D eigenvalue weighted by Gasteiger charge is 2.18. The average Bonchev–Trinajstić information content (AvgIpc) is 3.99. The van der Waals surface area contributed by atoms with Gasteiger partial charge < -0.3 is 9.80 Å². The average molecular weight is 763 g/mol. The van der Waals surface area contributed by atoms with Crippen molar-refractivity contribution in [1.82, 2.24) is 0 Å². The van der Waals surface area contributed by atoms with Gasteiger partial charge in [-0.25, -0.2) is 0 Å². The molecule has 0 radical (unpaired) electrons. The van der Waals surface area contributed by atoms with E-state index in [-0.39, 0.29) is 0 Å². The van der Waals surface area contributed by atoms with Crippen molar-refractivity contribution in [2.75, 3.05) is 9.80 Å². The van der Waals surface area contributed by atoms with Crippen LogP contribution in [0.5, 0.6) is 0 Å². The van der Waals surface area contributed by atoms with E-state index in [9.17, 15) is 0 Å². The number of hydrogen-bond acceptors (Lipinski definition) is 5. The molecule has 0 atom stereocenters. The molecule has 0 unspecified atom stereocenters. The summed E-state index contributed by atoms with van der Waals surface area (Å²) < 4.78 is 0. The first-order valence-corrected chi connectivity index (χ1v) is 20.9. The molecule has 3 heterocycles. The minimum atomic E-state index is 1.14. The smallest absolute Gasteiger partial charge is 0.0478 e. The minimum Gasteiger partial charge on any atom is -0.311 e. The Morgan fingerprint density at radius 2 is 0.582 bits per heavy atom. The molecule has 0 amide bonds. The van der Waals surface area contributed by atoms with Crippen molar-refractivity contribution in [3.63, 3.8) is 0 Å². The number of nitrogens with zero attached hydrogens (tertiary/aromatic N) is 2. The Hall–Kier alpha value is -5.98. The molecule has 55 heavy (non-hydrogen) atoms. The predicted molar refractivity (Wildman–Crippen MR) is 241 cm³/mol. The fourth-order valence-electron chi connectivity index (χ4n) is 7.07. The van der Waals surface area contributed by atoms with Crippen LogP contribution in [-0.4, -0.2) is 0 Å². The van der Waals surface area contributed by atoms with Gasteiger partial charge in [0.05, 0.1) is 0 Å². The third-order valence-corrected chi connectivity index (χ3v) is 13.8. The lowest BCUT2D eigenvalue weighted by Crippen LogP contribution is -2.09. The Bertz CT molecular complexity index is 2380. The maximum absolute atomic E-state index is 2.34. The zero-order chi connectivity index (χ0) is 37.1. The summed E-state index contributed by atoms with van der Waals surface area (Å²) in [6, 6.07) is 69.5. The quantitative estimate of drug-likeness (QED) is 0.137. The lowest BCUT2D eigenvalue weighted by Gasteiger charge is -2.25. The number of benzene rings is 6. The predicted octanol–water partition coefficient (Wildman–Crippen LogP) is 16.1. The number of aryl methyl sites for hydroxylation is 2. The molecule has 0 aliphatic heterocycles. The first-order valence-electron chi connectivity index (χ1n) is 18.4. The highest BCUT2D eigenvalue weighted by Crippen LogP contribution is 2.47. The van der Waals surface area contributed by atoms with E-state index in [4.69, 9.17) is 0 Å². The zero-order valence-electron chi connectivity index (χ0n) is 30.6. The van der Waals surface area contributed by atoms with Gasteiger partial charge in [-0.2, -0.15) is 0 Å². The van der Waals surface area contributed by atoms with Gasteiger partial charge in [-0.3, -0.25) is 0 Å². The van der Waals surface area contributed by atoms with Crippen molar-refractivity contribution in [2.24, 2.45) is 0 Å². The molecule has 0 N–H and O–H groups in total. The van der Waals surface area contributed by atoms with Gasteiger partial charge >= 0.3 is 0 Å². The Morgan fingerprint density at radius 1 is 0.291 bits per heavy atom. The molecule has 0 spiro atoms. The Labute approximate surface area is 335 Å². The molecular weight excluding hydrogens is 725 g/mol. The van der Waals surface area contributed by atoms with Gasteiger partial charge in [0.2, 0.25) is 0 Å². The normalized spacial score (nSPS) is 11.1. The summed E-state index contributed by atoms with van der Waals surface area (Å²) in [5.74, 6) is 0. The van der Waals surface area contributed by atoms with E-state index in [1.54, 1.807) is 0 Å². The molecular formula is C50H38N2S3. The summed E-state index contributed by atoms with van der Waals surface area (Å²) in [6.07, 6.45) is 0. The monoisotopic (exact) mass is 762 g/mol. The number of thiophene rings is 3. The fourth-order valence-corrected chi connectivity index (χ4v) is 10.8. The largest absolute Gasteiger partial charge is 0.311 e. The molecule has 0 saturated carbocycles. The summed E-state index contributed by atoms with van der Waals surface area (Å²) in [5.41, 5.74) is 12.0. The maximum atomic E-state index is 2.34. The Balaban J connectivity index is 0.953. The van der Waals surface area contributed by atoms with Crippen LogP contribution in [0.15, 0.2) is 194 Å².